The predicted molar refractivity (Wildman–Crippen MR) is 94.2 cm³/mol. The standard InChI is InChI=1S/C19H27NO3S/c21-18(11-16-3-1-10-24-16)20-8-6-17-19(13-20,7-2-9-23-17)14-22-12-15-4-5-15/h1,3,10,15,17H,2,4-9,11-14H2/t17-,19-/m1/s1. The maximum atomic E-state index is 12.7. The molecule has 5 heteroatoms. The normalized spacial score (nSPS) is 30.2. The van der Waals surface area contributed by atoms with Crippen LogP contribution in [0.25, 0.3) is 0 Å². The summed E-state index contributed by atoms with van der Waals surface area (Å²) in [5.41, 5.74) is 0.0104. The summed E-state index contributed by atoms with van der Waals surface area (Å²) in [6.45, 7) is 4.11. The Morgan fingerprint density at radius 3 is 3.12 bits per heavy atom. The van der Waals surface area contributed by atoms with Crippen molar-refractivity contribution >= 4 is 17.2 Å². The van der Waals surface area contributed by atoms with Crippen LogP contribution in [0.2, 0.25) is 0 Å². The molecule has 0 unspecified atom stereocenters. The molecule has 2 saturated heterocycles. The van der Waals surface area contributed by atoms with Crippen LogP contribution < -0.4 is 0 Å². The number of thiophene rings is 1. The van der Waals surface area contributed by atoms with Gasteiger partial charge in [0.15, 0.2) is 0 Å². The van der Waals surface area contributed by atoms with Crippen molar-refractivity contribution in [3.8, 4) is 0 Å². The number of fused-ring (bicyclic) bond motifs is 1. The molecule has 1 aliphatic carbocycles. The van der Waals surface area contributed by atoms with Gasteiger partial charge in [-0.2, -0.15) is 0 Å². The highest BCUT2D eigenvalue weighted by atomic mass is 32.1. The zero-order valence-corrected chi connectivity index (χ0v) is 15.1. The highest BCUT2D eigenvalue weighted by molar-refractivity contribution is 7.10. The maximum Gasteiger partial charge on any atom is 0.227 e. The number of carbonyl (C=O) groups excluding carboxylic acids is 1. The first-order chi connectivity index (χ1) is 11.8. The van der Waals surface area contributed by atoms with Crippen LogP contribution in [0.1, 0.15) is 37.0 Å². The molecule has 1 aromatic heterocycles. The van der Waals surface area contributed by atoms with E-state index in [-0.39, 0.29) is 17.4 Å². The van der Waals surface area contributed by atoms with Crippen LogP contribution in [-0.4, -0.2) is 49.8 Å². The summed E-state index contributed by atoms with van der Waals surface area (Å²) in [6, 6.07) is 4.06. The third kappa shape index (κ3) is 3.68. The lowest BCUT2D eigenvalue weighted by atomic mass is 9.73. The molecule has 3 heterocycles. The molecule has 2 aliphatic heterocycles. The first-order valence-corrected chi connectivity index (χ1v) is 10.1. The molecule has 132 valence electrons. The Morgan fingerprint density at radius 2 is 2.33 bits per heavy atom. The molecule has 0 bridgehead atoms. The van der Waals surface area contributed by atoms with Gasteiger partial charge in [-0.15, -0.1) is 11.3 Å². The molecule has 1 saturated carbocycles. The van der Waals surface area contributed by atoms with Crippen molar-refractivity contribution in [2.45, 2.75) is 44.6 Å². The molecule has 1 amide bonds. The van der Waals surface area contributed by atoms with Crippen molar-refractivity contribution < 1.29 is 14.3 Å². The molecular weight excluding hydrogens is 322 g/mol. The summed E-state index contributed by atoms with van der Waals surface area (Å²) in [7, 11) is 0. The van der Waals surface area contributed by atoms with Crippen molar-refractivity contribution in [2.75, 3.05) is 32.9 Å². The van der Waals surface area contributed by atoms with E-state index in [4.69, 9.17) is 9.47 Å². The van der Waals surface area contributed by atoms with Gasteiger partial charge >= 0.3 is 0 Å². The van der Waals surface area contributed by atoms with Gasteiger partial charge < -0.3 is 14.4 Å². The Hall–Kier alpha value is -0.910. The fraction of sp³-hybridized carbons (Fsp3) is 0.737. The molecule has 4 nitrogen and oxygen atoms in total. The monoisotopic (exact) mass is 349 g/mol. The highest BCUT2D eigenvalue weighted by Crippen LogP contribution is 2.41. The molecule has 2 atom stereocenters. The Balaban J connectivity index is 1.40. The Morgan fingerprint density at radius 1 is 1.42 bits per heavy atom. The summed E-state index contributed by atoms with van der Waals surface area (Å²) >= 11 is 1.66. The molecule has 24 heavy (non-hydrogen) atoms. The van der Waals surface area contributed by atoms with E-state index in [1.54, 1.807) is 11.3 Å². The van der Waals surface area contributed by atoms with Crippen molar-refractivity contribution in [1.82, 2.24) is 4.90 Å². The third-order valence-corrected chi connectivity index (χ3v) is 6.56. The van der Waals surface area contributed by atoms with Gasteiger partial charge in [0, 0.05) is 36.6 Å². The van der Waals surface area contributed by atoms with Crippen molar-refractivity contribution in [3.63, 3.8) is 0 Å². The van der Waals surface area contributed by atoms with E-state index in [1.807, 2.05) is 17.5 Å². The molecule has 3 fully saturated rings. The van der Waals surface area contributed by atoms with Crippen molar-refractivity contribution in [2.24, 2.45) is 11.3 Å². The van der Waals surface area contributed by atoms with E-state index in [9.17, 15) is 4.79 Å². The average Bonchev–Trinajstić information content (AvgIpc) is 3.28. The van der Waals surface area contributed by atoms with Gasteiger partial charge in [0.25, 0.3) is 0 Å². The summed E-state index contributed by atoms with van der Waals surface area (Å²) in [5.74, 6) is 1.03. The van der Waals surface area contributed by atoms with Gasteiger partial charge in [0.1, 0.15) is 0 Å². The van der Waals surface area contributed by atoms with Crippen LogP contribution in [0.5, 0.6) is 0 Å². The van der Waals surface area contributed by atoms with Gasteiger partial charge in [-0.3, -0.25) is 4.79 Å². The van der Waals surface area contributed by atoms with Gasteiger partial charge in [-0.1, -0.05) is 6.07 Å². The average molecular weight is 349 g/mol. The summed E-state index contributed by atoms with van der Waals surface area (Å²) in [6.07, 6.45) is 6.57. The van der Waals surface area contributed by atoms with Gasteiger partial charge in [0.05, 0.1) is 19.1 Å². The van der Waals surface area contributed by atoms with Crippen LogP contribution in [0, 0.1) is 11.3 Å². The first-order valence-electron chi connectivity index (χ1n) is 9.25. The van der Waals surface area contributed by atoms with Crippen molar-refractivity contribution in [3.05, 3.63) is 22.4 Å². The first kappa shape index (κ1) is 16.6. The van der Waals surface area contributed by atoms with Crippen molar-refractivity contribution in [1.29, 1.82) is 0 Å². The number of rotatable bonds is 6. The molecule has 0 spiro atoms. The Kier molecular flexibility index (Phi) is 4.93. The third-order valence-electron chi connectivity index (χ3n) is 5.69. The van der Waals surface area contributed by atoms with Crippen LogP contribution >= 0.6 is 11.3 Å². The molecule has 1 aromatic rings. The Labute approximate surface area is 148 Å². The zero-order valence-electron chi connectivity index (χ0n) is 14.2. The SMILES string of the molecule is O=C(Cc1cccs1)N1CC[C@H]2OCCC[C@]2(COCC2CC2)C1. The van der Waals surface area contributed by atoms with Gasteiger partial charge in [0.2, 0.25) is 5.91 Å². The van der Waals surface area contributed by atoms with E-state index < -0.39 is 0 Å². The highest BCUT2D eigenvalue weighted by Gasteiger charge is 2.47. The number of amides is 1. The lowest BCUT2D eigenvalue weighted by Crippen LogP contribution is -2.58. The van der Waals surface area contributed by atoms with Crippen LogP contribution in [0.3, 0.4) is 0 Å². The predicted octanol–water partition coefficient (Wildman–Crippen LogP) is 3.11. The van der Waals surface area contributed by atoms with Crippen LogP contribution in [0.15, 0.2) is 17.5 Å². The number of hydrogen-bond donors (Lipinski definition) is 0. The molecular formula is C19H27NO3S. The second-order valence-electron chi connectivity index (χ2n) is 7.64. The molecule has 0 N–H and O–H groups in total. The number of piperidine rings is 1. The molecule has 0 aromatic carbocycles. The smallest absolute Gasteiger partial charge is 0.227 e. The minimum absolute atomic E-state index is 0.0104. The maximum absolute atomic E-state index is 12.7. The van der Waals surface area contributed by atoms with E-state index in [0.29, 0.717) is 6.42 Å². The minimum Gasteiger partial charge on any atom is -0.380 e. The van der Waals surface area contributed by atoms with E-state index >= 15 is 0 Å². The molecule has 0 radical (unpaired) electrons. The van der Waals surface area contributed by atoms with Crippen LogP contribution in [0.4, 0.5) is 0 Å². The topological polar surface area (TPSA) is 38.8 Å². The lowest BCUT2D eigenvalue weighted by molar-refractivity contribution is -0.164. The lowest BCUT2D eigenvalue weighted by Gasteiger charge is -2.50. The molecule has 3 aliphatic rings. The van der Waals surface area contributed by atoms with Crippen LogP contribution in [-0.2, 0) is 20.7 Å². The van der Waals surface area contributed by atoms with E-state index in [2.05, 4.69) is 4.90 Å². The summed E-state index contributed by atoms with van der Waals surface area (Å²) in [4.78, 5) is 15.9. The van der Waals surface area contributed by atoms with Gasteiger partial charge in [-0.25, -0.2) is 0 Å². The number of carbonyl (C=O) groups is 1. The summed E-state index contributed by atoms with van der Waals surface area (Å²) in [5, 5.41) is 2.04. The Bertz CT molecular complexity index is 557. The van der Waals surface area contributed by atoms with Gasteiger partial charge in [-0.05, 0) is 49.5 Å². The number of nitrogens with zero attached hydrogens (tertiary/aromatic N) is 1. The van der Waals surface area contributed by atoms with E-state index in [1.165, 1.54) is 12.8 Å². The largest absolute Gasteiger partial charge is 0.380 e. The second-order valence-corrected chi connectivity index (χ2v) is 8.68. The summed E-state index contributed by atoms with van der Waals surface area (Å²) < 4.78 is 12.2. The fourth-order valence-electron chi connectivity index (χ4n) is 4.10. The zero-order chi connectivity index (χ0) is 16.4. The number of likely N-dealkylation sites (tertiary alicyclic amines) is 1. The number of hydrogen-bond acceptors (Lipinski definition) is 4. The quantitative estimate of drug-likeness (QED) is 0.792. The fourth-order valence-corrected chi connectivity index (χ4v) is 4.80. The molecule has 4 rings (SSSR count). The minimum atomic E-state index is 0.0104. The van der Waals surface area contributed by atoms with E-state index in [0.717, 1.165) is 63.0 Å². The number of ether oxygens (including phenoxy) is 2. The second kappa shape index (κ2) is 7.14.